The van der Waals surface area contributed by atoms with Crippen LogP contribution in [0.15, 0.2) is 11.1 Å². The van der Waals surface area contributed by atoms with Crippen molar-refractivity contribution in [2.75, 3.05) is 19.7 Å². The van der Waals surface area contributed by atoms with Crippen molar-refractivity contribution >= 4 is 16.0 Å². The summed E-state index contributed by atoms with van der Waals surface area (Å²) < 4.78 is 31.3. The molecule has 0 saturated carbocycles. The summed E-state index contributed by atoms with van der Waals surface area (Å²) in [5, 5.41) is 6.36. The first-order chi connectivity index (χ1) is 9.46. The molecule has 8 heteroatoms. The number of sulfonamides is 1. The van der Waals surface area contributed by atoms with E-state index in [-0.39, 0.29) is 23.3 Å². The van der Waals surface area contributed by atoms with Crippen LogP contribution in [0.5, 0.6) is 0 Å². The van der Waals surface area contributed by atoms with Crippen LogP contribution in [0.3, 0.4) is 0 Å². The lowest BCUT2D eigenvalue weighted by atomic mass is 10.0. The van der Waals surface area contributed by atoms with E-state index >= 15 is 0 Å². The first-order valence-electron chi connectivity index (χ1n) is 6.63. The van der Waals surface area contributed by atoms with Gasteiger partial charge in [-0.1, -0.05) is 0 Å². The number of carbonyl (C=O) groups excluding carboxylic acids is 1. The van der Waals surface area contributed by atoms with Crippen molar-refractivity contribution in [2.24, 2.45) is 5.92 Å². The maximum Gasteiger partial charge on any atom is 0.310 e. The number of piperidine rings is 1. The number of nitrogens with one attached hydrogen (secondary N) is 1. The van der Waals surface area contributed by atoms with Crippen molar-refractivity contribution < 1.29 is 17.9 Å². The van der Waals surface area contributed by atoms with Gasteiger partial charge in [0.15, 0.2) is 0 Å². The molecule has 0 aromatic carbocycles. The standard InChI is InChI=1S/C12H19N3O4S/c1-3-19-12(16)10-5-4-6-15(8-10)20(17,18)11-7-13-14-9(11)2/h7,10H,3-6,8H2,1-2H3,(H,13,14). The smallest absolute Gasteiger partial charge is 0.310 e. The second-order valence-electron chi connectivity index (χ2n) is 4.81. The van der Waals surface area contributed by atoms with Crippen molar-refractivity contribution in [3.8, 4) is 0 Å². The van der Waals surface area contributed by atoms with E-state index in [2.05, 4.69) is 10.2 Å². The lowest BCUT2D eigenvalue weighted by Gasteiger charge is -2.30. The molecule has 1 fully saturated rings. The van der Waals surface area contributed by atoms with Crippen molar-refractivity contribution in [1.82, 2.24) is 14.5 Å². The van der Waals surface area contributed by atoms with E-state index in [4.69, 9.17) is 4.74 Å². The summed E-state index contributed by atoms with van der Waals surface area (Å²) in [6, 6.07) is 0. The van der Waals surface area contributed by atoms with Crippen LogP contribution in [0.4, 0.5) is 0 Å². The van der Waals surface area contributed by atoms with Crippen molar-refractivity contribution in [3.05, 3.63) is 11.9 Å². The van der Waals surface area contributed by atoms with E-state index < -0.39 is 10.0 Å². The minimum atomic E-state index is -3.60. The quantitative estimate of drug-likeness (QED) is 0.826. The molecule has 1 unspecified atom stereocenters. The number of carbonyl (C=O) groups is 1. The van der Waals surface area contributed by atoms with E-state index in [9.17, 15) is 13.2 Å². The van der Waals surface area contributed by atoms with Crippen LogP contribution in [0.2, 0.25) is 0 Å². The lowest BCUT2D eigenvalue weighted by molar-refractivity contribution is -0.149. The van der Waals surface area contributed by atoms with Gasteiger partial charge in [-0.05, 0) is 26.7 Å². The van der Waals surface area contributed by atoms with Crippen LogP contribution in [0.1, 0.15) is 25.5 Å². The predicted molar refractivity (Wildman–Crippen MR) is 71.4 cm³/mol. The Balaban J connectivity index is 2.17. The summed E-state index contributed by atoms with van der Waals surface area (Å²) in [4.78, 5) is 11.9. The zero-order valence-electron chi connectivity index (χ0n) is 11.6. The van der Waals surface area contributed by atoms with Crippen LogP contribution >= 0.6 is 0 Å². The minimum absolute atomic E-state index is 0.169. The molecule has 2 heterocycles. The van der Waals surface area contributed by atoms with E-state index in [1.54, 1.807) is 13.8 Å². The molecule has 7 nitrogen and oxygen atoms in total. The first-order valence-corrected chi connectivity index (χ1v) is 8.07. The molecule has 0 spiro atoms. The normalized spacial score (nSPS) is 20.8. The van der Waals surface area contributed by atoms with Crippen molar-refractivity contribution in [2.45, 2.75) is 31.6 Å². The van der Waals surface area contributed by atoms with E-state index in [1.165, 1.54) is 10.5 Å². The highest BCUT2D eigenvalue weighted by Gasteiger charge is 2.35. The maximum absolute atomic E-state index is 12.5. The molecule has 0 amide bonds. The SMILES string of the molecule is CCOC(=O)C1CCCN(S(=O)(=O)c2cn[nH]c2C)C1. The van der Waals surface area contributed by atoms with Gasteiger partial charge in [0, 0.05) is 13.1 Å². The molecule has 2 rings (SSSR count). The van der Waals surface area contributed by atoms with Gasteiger partial charge in [0.1, 0.15) is 4.90 Å². The molecular formula is C12H19N3O4S. The zero-order valence-corrected chi connectivity index (χ0v) is 12.4. The molecule has 112 valence electrons. The fraction of sp³-hybridized carbons (Fsp3) is 0.667. The van der Waals surface area contributed by atoms with Crippen LogP contribution in [0.25, 0.3) is 0 Å². The van der Waals surface area contributed by atoms with Gasteiger partial charge in [-0.15, -0.1) is 0 Å². The number of nitrogens with zero attached hydrogens (tertiary/aromatic N) is 2. The van der Waals surface area contributed by atoms with Crippen LogP contribution in [-0.2, 0) is 19.6 Å². The Kier molecular flexibility index (Phi) is 4.44. The largest absolute Gasteiger partial charge is 0.466 e. The Morgan fingerprint density at radius 3 is 2.95 bits per heavy atom. The van der Waals surface area contributed by atoms with E-state index in [0.29, 0.717) is 31.7 Å². The number of H-pyrrole nitrogens is 1. The average molecular weight is 301 g/mol. The maximum atomic E-state index is 12.5. The van der Waals surface area contributed by atoms with Gasteiger partial charge >= 0.3 is 5.97 Å². The molecule has 1 aromatic rings. The number of ether oxygens (including phenoxy) is 1. The summed E-state index contributed by atoms with van der Waals surface area (Å²) in [6.07, 6.45) is 2.62. The van der Waals surface area contributed by atoms with Crippen molar-refractivity contribution in [3.63, 3.8) is 0 Å². The summed E-state index contributed by atoms with van der Waals surface area (Å²) >= 11 is 0. The highest BCUT2D eigenvalue weighted by atomic mass is 32.2. The molecule has 0 aliphatic carbocycles. The second kappa shape index (κ2) is 5.92. The molecule has 0 radical (unpaired) electrons. The summed E-state index contributed by atoms with van der Waals surface area (Å²) in [7, 11) is -3.60. The molecule has 1 saturated heterocycles. The number of aromatic amines is 1. The Bertz CT molecular complexity index is 581. The van der Waals surface area contributed by atoms with Gasteiger partial charge in [-0.3, -0.25) is 9.89 Å². The number of esters is 1. The van der Waals surface area contributed by atoms with Gasteiger partial charge in [-0.2, -0.15) is 9.40 Å². The van der Waals surface area contributed by atoms with Crippen LogP contribution in [0, 0.1) is 12.8 Å². The van der Waals surface area contributed by atoms with Crippen LogP contribution < -0.4 is 0 Å². The van der Waals surface area contributed by atoms with Gasteiger partial charge in [-0.25, -0.2) is 8.42 Å². The highest BCUT2D eigenvalue weighted by Crippen LogP contribution is 2.25. The number of aromatic nitrogens is 2. The molecule has 1 N–H and O–H groups in total. The third-order valence-electron chi connectivity index (χ3n) is 3.41. The van der Waals surface area contributed by atoms with E-state index in [0.717, 1.165) is 0 Å². The monoisotopic (exact) mass is 301 g/mol. The van der Waals surface area contributed by atoms with Gasteiger partial charge < -0.3 is 4.74 Å². The summed E-state index contributed by atoms with van der Waals surface area (Å²) in [5.41, 5.74) is 0.503. The van der Waals surface area contributed by atoms with E-state index in [1.807, 2.05) is 0 Å². The molecular weight excluding hydrogens is 282 g/mol. The van der Waals surface area contributed by atoms with Crippen LogP contribution in [-0.4, -0.2) is 48.6 Å². The Morgan fingerprint density at radius 1 is 1.60 bits per heavy atom. The topological polar surface area (TPSA) is 92.4 Å². The first kappa shape index (κ1) is 15.0. The Morgan fingerprint density at radius 2 is 2.35 bits per heavy atom. The molecule has 1 aromatic heterocycles. The fourth-order valence-corrected chi connectivity index (χ4v) is 3.99. The Hall–Kier alpha value is -1.41. The number of rotatable bonds is 4. The third-order valence-corrected chi connectivity index (χ3v) is 5.38. The summed E-state index contributed by atoms with van der Waals surface area (Å²) in [5.74, 6) is -0.706. The Labute approximate surface area is 118 Å². The molecule has 0 bridgehead atoms. The second-order valence-corrected chi connectivity index (χ2v) is 6.72. The fourth-order valence-electron chi connectivity index (χ4n) is 2.35. The van der Waals surface area contributed by atoms with Gasteiger partial charge in [0.25, 0.3) is 0 Å². The van der Waals surface area contributed by atoms with Gasteiger partial charge in [0.2, 0.25) is 10.0 Å². The molecule has 1 aliphatic rings. The molecule has 20 heavy (non-hydrogen) atoms. The number of hydrogen-bond acceptors (Lipinski definition) is 5. The zero-order chi connectivity index (χ0) is 14.8. The predicted octanol–water partition coefficient (Wildman–Crippen LogP) is 0.682. The van der Waals surface area contributed by atoms with Gasteiger partial charge in [0.05, 0.1) is 24.4 Å². The molecule has 1 atom stereocenters. The summed E-state index contributed by atoms with van der Waals surface area (Å²) in [6.45, 7) is 4.30. The number of aryl methyl sites for hydroxylation is 1. The lowest BCUT2D eigenvalue weighted by Crippen LogP contribution is -2.42. The molecule has 1 aliphatic heterocycles. The number of hydrogen-bond donors (Lipinski definition) is 1. The third kappa shape index (κ3) is 2.85. The minimum Gasteiger partial charge on any atom is -0.466 e. The average Bonchev–Trinajstić information content (AvgIpc) is 2.86. The highest BCUT2D eigenvalue weighted by molar-refractivity contribution is 7.89. The van der Waals surface area contributed by atoms with Crippen molar-refractivity contribution in [1.29, 1.82) is 0 Å².